The van der Waals surface area contributed by atoms with Crippen LogP contribution >= 0.6 is 0 Å². The summed E-state index contributed by atoms with van der Waals surface area (Å²) < 4.78 is 11.2. The predicted octanol–water partition coefficient (Wildman–Crippen LogP) is 3.62. The van der Waals surface area contributed by atoms with Crippen molar-refractivity contribution in [1.29, 1.82) is 0 Å². The Bertz CT molecular complexity index is 621. The van der Waals surface area contributed by atoms with Gasteiger partial charge < -0.3 is 14.8 Å². The molecular weight excluding hydrogens is 266 g/mol. The summed E-state index contributed by atoms with van der Waals surface area (Å²) in [5.74, 6) is 3.22. The van der Waals surface area contributed by atoms with Crippen LogP contribution in [-0.4, -0.2) is 24.1 Å². The van der Waals surface area contributed by atoms with Crippen LogP contribution in [0.3, 0.4) is 0 Å². The lowest BCUT2D eigenvalue weighted by Crippen LogP contribution is -2.17. The average molecular weight is 287 g/mol. The number of rotatable bonds is 4. The summed E-state index contributed by atoms with van der Waals surface area (Å²) >= 11 is 0. The molecule has 0 radical (unpaired) electrons. The molecule has 0 fully saturated rings. The maximum absolute atomic E-state index is 5.86. The smallest absolute Gasteiger partial charge is 0.224 e. The monoisotopic (exact) mass is 287 g/mol. The number of methoxy groups -OCH3 is 1. The zero-order chi connectivity index (χ0) is 15.5. The van der Waals surface area contributed by atoms with Crippen molar-refractivity contribution in [3.05, 3.63) is 36.2 Å². The first-order valence-corrected chi connectivity index (χ1v) is 6.82. The number of nitrogens with one attached hydrogen (secondary N) is 1. The highest BCUT2D eigenvalue weighted by Crippen LogP contribution is 2.31. The Hall–Kier alpha value is -2.30. The fourth-order valence-corrected chi connectivity index (χ4v) is 1.76. The van der Waals surface area contributed by atoms with Crippen molar-refractivity contribution in [1.82, 2.24) is 9.97 Å². The summed E-state index contributed by atoms with van der Waals surface area (Å²) in [6.45, 7) is 6.19. The van der Waals surface area contributed by atoms with E-state index < -0.39 is 0 Å². The van der Waals surface area contributed by atoms with Gasteiger partial charge in [-0.3, -0.25) is 0 Å². The van der Waals surface area contributed by atoms with Gasteiger partial charge in [-0.2, -0.15) is 4.98 Å². The molecular formula is C16H21N3O2. The summed E-state index contributed by atoms with van der Waals surface area (Å²) in [6.07, 6.45) is 0. The van der Waals surface area contributed by atoms with Crippen molar-refractivity contribution >= 4 is 5.82 Å². The van der Waals surface area contributed by atoms with E-state index in [0.717, 1.165) is 11.6 Å². The maximum Gasteiger partial charge on any atom is 0.224 e. The Balaban J connectivity index is 2.39. The van der Waals surface area contributed by atoms with E-state index in [4.69, 9.17) is 9.47 Å². The quantitative estimate of drug-likeness (QED) is 0.930. The van der Waals surface area contributed by atoms with E-state index in [1.165, 1.54) is 0 Å². The summed E-state index contributed by atoms with van der Waals surface area (Å²) in [7, 11) is 3.43. The molecule has 1 aromatic heterocycles. The highest BCUT2D eigenvalue weighted by atomic mass is 16.5. The molecule has 0 amide bonds. The lowest BCUT2D eigenvalue weighted by Gasteiger charge is -2.18. The van der Waals surface area contributed by atoms with Gasteiger partial charge in [0, 0.05) is 18.5 Å². The second-order valence-electron chi connectivity index (χ2n) is 5.67. The molecule has 0 aliphatic rings. The minimum Gasteiger partial charge on any atom is -0.493 e. The standard InChI is InChI=1S/C16H21N3O2/c1-16(2,3)15-18-13(17-4)10-14(19-15)21-12-9-7-6-8-11(12)20-5/h6-10H,1-5H3,(H,17,18,19). The fraction of sp³-hybridized carbons (Fsp3) is 0.375. The fourth-order valence-electron chi connectivity index (χ4n) is 1.76. The van der Waals surface area contributed by atoms with Gasteiger partial charge in [0.05, 0.1) is 7.11 Å². The van der Waals surface area contributed by atoms with Crippen molar-refractivity contribution in [3.8, 4) is 17.4 Å². The summed E-state index contributed by atoms with van der Waals surface area (Å²) in [5.41, 5.74) is -0.161. The van der Waals surface area contributed by atoms with Gasteiger partial charge in [0.1, 0.15) is 11.6 Å². The van der Waals surface area contributed by atoms with Crippen LogP contribution in [0.25, 0.3) is 0 Å². The molecule has 1 N–H and O–H groups in total. The molecule has 1 heterocycles. The molecule has 5 nitrogen and oxygen atoms in total. The zero-order valence-electron chi connectivity index (χ0n) is 13.1. The van der Waals surface area contributed by atoms with E-state index in [1.54, 1.807) is 13.2 Å². The molecule has 1 aromatic carbocycles. The number of nitrogens with zero attached hydrogens (tertiary/aromatic N) is 2. The molecule has 0 bridgehead atoms. The summed E-state index contributed by atoms with van der Waals surface area (Å²) in [6, 6.07) is 9.24. The van der Waals surface area contributed by atoms with Crippen LogP contribution in [0.1, 0.15) is 26.6 Å². The highest BCUT2D eigenvalue weighted by Gasteiger charge is 2.20. The predicted molar refractivity (Wildman–Crippen MR) is 83.3 cm³/mol. The van der Waals surface area contributed by atoms with E-state index >= 15 is 0 Å². The second kappa shape index (κ2) is 5.99. The van der Waals surface area contributed by atoms with Crippen molar-refractivity contribution in [2.75, 3.05) is 19.5 Å². The number of hydrogen-bond donors (Lipinski definition) is 1. The number of benzene rings is 1. The normalized spacial score (nSPS) is 11.1. The molecule has 0 saturated carbocycles. The molecule has 0 atom stereocenters. The van der Waals surface area contributed by atoms with Gasteiger partial charge in [-0.15, -0.1) is 0 Å². The average Bonchev–Trinajstić information content (AvgIpc) is 2.46. The van der Waals surface area contributed by atoms with E-state index in [9.17, 15) is 0 Å². The van der Waals surface area contributed by atoms with Gasteiger partial charge in [0.15, 0.2) is 11.5 Å². The van der Waals surface area contributed by atoms with Gasteiger partial charge >= 0.3 is 0 Å². The van der Waals surface area contributed by atoms with Crippen LogP contribution < -0.4 is 14.8 Å². The maximum atomic E-state index is 5.86. The van der Waals surface area contributed by atoms with Gasteiger partial charge in [-0.05, 0) is 12.1 Å². The van der Waals surface area contributed by atoms with Gasteiger partial charge in [-0.1, -0.05) is 32.9 Å². The topological polar surface area (TPSA) is 56.3 Å². The number of hydrogen-bond acceptors (Lipinski definition) is 5. The number of para-hydroxylation sites is 2. The Morgan fingerprint density at radius 2 is 1.71 bits per heavy atom. The molecule has 5 heteroatoms. The van der Waals surface area contributed by atoms with Crippen molar-refractivity contribution in [2.45, 2.75) is 26.2 Å². The van der Waals surface area contributed by atoms with Crippen molar-refractivity contribution in [2.24, 2.45) is 0 Å². The minimum atomic E-state index is -0.161. The third-order valence-electron chi connectivity index (χ3n) is 2.91. The number of anilines is 1. The molecule has 0 spiro atoms. The molecule has 2 aromatic rings. The largest absolute Gasteiger partial charge is 0.493 e. The Kier molecular flexibility index (Phi) is 4.31. The van der Waals surface area contributed by atoms with Crippen LogP contribution in [0.15, 0.2) is 30.3 Å². The molecule has 0 aliphatic heterocycles. The third-order valence-corrected chi connectivity index (χ3v) is 2.91. The van der Waals surface area contributed by atoms with Gasteiger partial charge in [0.25, 0.3) is 0 Å². The van der Waals surface area contributed by atoms with E-state index in [0.29, 0.717) is 17.4 Å². The number of aromatic nitrogens is 2. The summed E-state index contributed by atoms with van der Waals surface area (Å²) in [5, 5.41) is 3.03. The first kappa shape index (κ1) is 15.1. The van der Waals surface area contributed by atoms with Crippen molar-refractivity contribution < 1.29 is 9.47 Å². The Labute approximate surface area is 125 Å². The van der Waals surface area contributed by atoms with Crippen LogP contribution in [-0.2, 0) is 5.41 Å². The highest BCUT2D eigenvalue weighted by molar-refractivity contribution is 5.44. The molecule has 112 valence electrons. The lowest BCUT2D eigenvalue weighted by molar-refractivity contribution is 0.372. The van der Waals surface area contributed by atoms with E-state index in [-0.39, 0.29) is 5.41 Å². The Morgan fingerprint density at radius 3 is 2.29 bits per heavy atom. The molecule has 2 rings (SSSR count). The molecule has 21 heavy (non-hydrogen) atoms. The zero-order valence-corrected chi connectivity index (χ0v) is 13.1. The van der Waals surface area contributed by atoms with Crippen LogP contribution in [0, 0.1) is 0 Å². The molecule has 0 aliphatic carbocycles. The first-order chi connectivity index (χ1) is 9.94. The van der Waals surface area contributed by atoms with Crippen LogP contribution in [0.2, 0.25) is 0 Å². The van der Waals surface area contributed by atoms with Crippen LogP contribution in [0.5, 0.6) is 17.4 Å². The van der Waals surface area contributed by atoms with Crippen LogP contribution in [0.4, 0.5) is 5.82 Å². The third kappa shape index (κ3) is 3.62. The van der Waals surface area contributed by atoms with E-state index in [1.807, 2.05) is 31.3 Å². The number of ether oxygens (including phenoxy) is 2. The SMILES string of the molecule is CNc1cc(Oc2ccccc2OC)nc(C(C)(C)C)n1. The minimum absolute atomic E-state index is 0.161. The lowest BCUT2D eigenvalue weighted by atomic mass is 9.96. The van der Waals surface area contributed by atoms with Gasteiger partial charge in [0.2, 0.25) is 5.88 Å². The molecule has 0 saturated heterocycles. The Morgan fingerprint density at radius 1 is 1.05 bits per heavy atom. The van der Waals surface area contributed by atoms with Gasteiger partial charge in [-0.25, -0.2) is 4.98 Å². The molecule has 0 unspecified atom stereocenters. The van der Waals surface area contributed by atoms with E-state index in [2.05, 4.69) is 36.1 Å². The van der Waals surface area contributed by atoms with Crippen molar-refractivity contribution in [3.63, 3.8) is 0 Å². The second-order valence-corrected chi connectivity index (χ2v) is 5.67. The first-order valence-electron chi connectivity index (χ1n) is 6.82. The summed E-state index contributed by atoms with van der Waals surface area (Å²) in [4.78, 5) is 8.97.